The number of nitrogens with two attached hydrogens (primary N) is 1. The van der Waals surface area contributed by atoms with Gasteiger partial charge in [-0.25, -0.2) is 4.99 Å². The van der Waals surface area contributed by atoms with Crippen LogP contribution < -0.4 is 11.1 Å². The molecule has 5 nitrogen and oxygen atoms in total. The average Bonchev–Trinajstić information content (AvgIpc) is 2.74. The molecule has 1 aromatic carbocycles. The lowest BCUT2D eigenvalue weighted by Crippen LogP contribution is -2.34. The molecule has 0 saturated heterocycles. The van der Waals surface area contributed by atoms with Gasteiger partial charge in [-0.3, -0.25) is 4.68 Å². The van der Waals surface area contributed by atoms with Crippen LogP contribution in [0.3, 0.4) is 0 Å². The lowest BCUT2D eigenvalue weighted by atomic mass is 10.1. The van der Waals surface area contributed by atoms with Gasteiger partial charge in [-0.1, -0.05) is 29.3 Å². The van der Waals surface area contributed by atoms with Crippen LogP contribution in [0.2, 0.25) is 10.0 Å². The fraction of sp³-hybridized carbons (Fsp3) is 0.333. The number of nitrogens with one attached hydrogen (secondary N) is 1. The maximum atomic E-state index is 6.19. The summed E-state index contributed by atoms with van der Waals surface area (Å²) in [5, 5.41) is 8.60. The van der Waals surface area contributed by atoms with Crippen molar-refractivity contribution >= 4 is 53.1 Å². The number of rotatable bonds is 4. The zero-order valence-corrected chi connectivity index (χ0v) is 17.0. The summed E-state index contributed by atoms with van der Waals surface area (Å²) in [5.41, 5.74) is 8.81. The molecule has 0 bridgehead atoms. The normalized spacial score (nSPS) is 12.7. The molecule has 0 spiro atoms. The highest BCUT2D eigenvalue weighted by Gasteiger charge is 2.10. The zero-order valence-electron chi connectivity index (χ0n) is 13.2. The van der Waals surface area contributed by atoms with E-state index in [1.807, 2.05) is 33.0 Å². The minimum atomic E-state index is -0.0678. The van der Waals surface area contributed by atoms with E-state index in [0.717, 1.165) is 17.0 Å². The van der Waals surface area contributed by atoms with Crippen LogP contribution in [0.5, 0.6) is 0 Å². The van der Waals surface area contributed by atoms with Crippen LogP contribution in [0.4, 0.5) is 0 Å². The molecule has 8 heteroatoms. The first-order chi connectivity index (χ1) is 10.4. The Bertz CT molecular complexity index is 699. The van der Waals surface area contributed by atoms with Crippen LogP contribution in [0.25, 0.3) is 0 Å². The van der Waals surface area contributed by atoms with Crippen molar-refractivity contribution in [2.45, 2.75) is 26.4 Å². The molecule has 126 valence electrons. The highest BCUT2D eigenvalue weighted by atomic mass is 127. The summed E-state index contributed by atoms with van der Waals surface area (Å²) >= 11 is 12.1. The predicted molar refractivity (Wildman–Crippen MR) is 107 cm³/mol. The Labute approximate surface area is 163 Å². The summed E-state index contributed by atoms with van der Waals surface area (Å²) in [6, 6.07) is 7.30. The third kappa shape index (κ3) is 5.54. The molecule has 0 aliphatic rings. The van der Waals surface area contributed by atoms with Crippen molar-refractivity contribution in [1.82, 2.24) is 15.1 Å². The van der Waals surface area contributed by atoms with Gasteiger partial charge in [-0.2, -0.15) is 5.10 Å². The van der Waals surface area contributed by atoms with E-state index in [1.165, 1.54) is 0 Å². The third-order valence-corrected chi connectivity index (χ3v) is 3.87. The van der Waals surface area contributed by atoms with Gasteiger partial charge in [0.15, 0.2) is 5.96 Å². The van der Waals surface area contributed by atoms with Gasteiger partial charge in [0.25, 0.3) is 0 Å². The Hall–Kier alpha value is -0.990. The van der Waals surface area contributed by atoms with E-state index in [-0.39, 0.29) is 30.0 Å². The number of benzene rings is 1. The van der Waals surface area contributed by atoms with Gasteiger partial charge in [-0.15, -0.1) is 24.0 Å². The first-order valence-electron chi connectivity index (χ1n) is 6.87. The standard InChI is InChI=1S/C15H19Cl2N5.HI/c1-9-6-12(22(3)21-9)8-19-15(18)20-10(2)13-5-4-11(16)7-14(13)17;/h4-7,10H,8H2,1-3H3,(H3,18,19,20);1H. The number of aryl methyl sites for hydroxylation is 2. The summed E-state index contributed by atoms with van der Waals surface area (Å²) < 4.78 is 1.80. The minimum Gasteiger partial charge on any atom is -0.370 e. The van der Waals surface area contributed by atoms with Gasteiger partial charge < -0.3 is 11.1 Å². The molecule has 1 heterocycles. The van der Waals surface area contributed by atoms with Gasteiger partial charge in [-0.05, 0) is 37.6 Å². The fourth-order valence-corrected chi connectivity index (χ4v) is 2.75. The Morgan fingerprint density at radius 1 is 1.39 bits per heavy atom. The van der Waals surface area contributed by atoms with E-state index in [2.05, 4.69) is 15.4 Å². The minimum absolute atomic E-state index is 0. The van der Waals surface area contributed by atoms with Crippen LogP contribution in [0.1, 0.15) is 29.9 Å². The fourth-order valence-electron chi connectivity index (χ4n) is 2.18. The highest BCUT2D eigenvalue weighted by molar-refractivity contribution is 14.0. The molecule has 1 atom stereocenters. The van der Waals surface area contributed by atoms with E-state index in [4.69, 9.17) is 28.9 Å². The number of nitrogens with zero attached hydrogens (tertiary/aromatic N) is 3. The second-order valence-corrected chi connectivity index (χ2v) is 5.98. The monoisotopic (exact) mass is 467 g/mol. The lowest BCUT2D eigenvalue weighted by Gasteiger charge is -2.16. The molecule has 23 heavy (non-hydrogen) atoms. The maximum absolute atomic E-state index is 6.19. The van der Waals surface area contributed by atoms with Gasteiger partial charge in [0.1, 0.15) is 0 Å². The van der Waals surface area contributed by atoms with Gasteiger partial charge >= 0.3 is 0 Å². The van der Waals surface area contributed by atoms with E-state index in [9.17, 15) is 0 Å². The topological polar surface area (TPSA) is 68.2 Å². The van der Waals surface area contributed by atoms with Crippen molar-refractivity contribution in [1.29, 1.82) is 0 Å². The number of hydrogen-bond donors (Lipinski definition) is 2. The average molecular weight is 468 g/mol. The predicted octanol–water partition coefficient (Wildman–Crippen LogP) is 3.82. The molecule has 0 amide bonds. The van der Waals surface area contributed by atoms with Crippen LogP contribution in [0.15, 0.2) is 29.3 Å². The number of aromatic nitrogens is 2. The van der Waals surface area contributed by atoms with Crippen molar-refractivity contribution in [2.75, 3.05) is 0 Å². The Kier molecular flexibility index (Phi) is 7.63. The summed E-state index contributed by atoms with van der Waals surface area (Å²) in [4.78, 5) is 4.33. The largest absolute Gasteiger partial charge is 0.370 e. The molecule has 2 aromatic rings. The number of aliphatic imine (C=N–C) groups is 1. The first-order valence-corrected chi connectivity index (χ1v) is 7.63. The number of guanidine groups is 1. The van der Waals surface area contributed by atoms with Crippen molar-refractivity contribution in [3.63, 3.8) is 0 Å². The number of hydrogen-bond acceptors (Lipinski definition) is 2. The van der Waals surface area contributed by atoms with Crippen LogP contribution >= 0.6 is 47.2 Å². The molecule has 2 rings (SSSR count). The smallest absolute Gasteiger partial charge is 0.189 e. The molecule has 0 aliphatic heterocycles. The molecule has 0 saturated carbocycles. The zero-order chi connectivity index (χ0) is 16.3. The van der Waals surface area contributed by atoms with Crippen molar-refractivity contribution in [3.8, 4) is 0 Å². The second-order valence-electron chi connectivity index (χ2n) is 5.13. The van der Waals surface area contributed by atoms with Crippen LogP contribution in [-0.4, -0.2) is 15.7 Å². The van der Waals surface area contributed by atoms with E-state index >= 15 is 0 Å². The Morgan fingerprint density at radius 2 is 2.09 bits per heavy atom. The molecule has 1 unspecified atom stereocenters. The van der Waals surface area contributed by atoms with E-state index in [1.54, 1.807) is 16.8 Å². The molecule has 0 fully saturated rings. The Balaban J connectivity index is 0.00000264. The quantitative estimate of drug-likeness (QED) is 0.408. The molecule has 3 N–H and O–H groups in total. The van der Waals surface area contributed by atoms with Crippen molar-refractivity contribution in [2.24, 2.45) is 17.8 Å². The SMILES string of the molecule is Cc1cc(CN=C(N)NC(C)c2ccc(Cl)cc2Cl)n(C)n1.I. The molecule has 1 aromatic heterocycles. The van der Waals surface area contributed by atoms with Gasteiger partial charge in [0.2, 0.25) is 0 Å². The lowest BCUT2D eigenvalue weighted by molar-refractivity contribution is 0.690. The maximum Gasteiger partial charge on any atom is 0.189 e. The third-order valence-electron chi connectivity index (χ3n) is 3.30. The summed E-state index contributed by atoms with van der Waals surface area (Å²) in [5.74, 6) is 0.359. The second kappa shape index (κ2) is 8.75. The van der Waals surface area contributed by atoms with Crippen molar-refractivity contribution < 1.29 is 0 Å². The van der Waals surface area contributed by atoms with E-state index in [0.29, 0.717) is 22.5 Å². The molecule has 0 radical (unpaired) electrons. The number of halogens is 3. The molecular formula is C15H20Cl2IN5. The Morgan fingerprint density at radius 3 is 2.65 bits per heavy atom. The van der Waals surface area contributed by atoms with Gasteiger partial charge in [0.05, 0.1) is 24.0 Å². The summed E-state index contributed by atoms with van der Waals surface area (Å²) in [6.07, 6.45) is 0. The summed E-state index contributed by atoms with van der Waals surface area (Å²) in [6.45, 7) is 4.38. The molecule has 0 aliphatic carbocycles. The van der Waals surface area contributed by atoms with Crippen LogP contribution in [0, 0.1) is 6.92 Å². The highest BCUT2D eigenvalue weighted by Crippen LogP contribution is 2.25. The summed E-state index contributed by atoms with van der Waals surface area (Å²) in [7, 11) is 1.89. The van der Waals surface area contributed by atoms with Gasteiger partial charge in [0, 0.05) is 17.1 Å². The first kappa shape index (κ1) is 20.1. The van der Waals surface area contributed by atoms with E-state index < -0.39 is 0 Å². The van der Waals surface area contributed by atoms with Crippen molar-refractivity contribution in [3.05, 3.63) is 51.3 Å². The molecular weight excluding hydrogens is 448 g/mol. The van der Waals surface area contributed by atoms with Crippen LogP contribution in [-0.2, 0) is 13.6 Å².